The van der Waals surface area contributed by atoms with E-state index in [9.17, 15) is 18.9 Å². The molecule has 0 aromatic heterocycles. The van der Waals surface area contributed by atoms with Gasteiger partial charge >= 0.3 is 0 Å². The highest BCUT2D eigenvalue weighted by Gasteiger charge is 2.52. The number of ether oxygens (including phenoxy) is 1. The predicted octanol–water partition coefficient (Wildman–Crippen LogP) is 2.06. The van der Waals surface area contributed by atoms with Crippen molar-refractivity contribution in [1.82, 2.24) is 0 Å². The topological polar surface area (TPSA) is 90.4 Å². The van der Waals surface area contributed by atoms with Gasteiger partial charge in [-0.25, -0.2) is 8.78 Å². The summed E-state index contributed by atoms with van der Waals surface area (Å²) >= 11 is 0. The Morgan fingerprint density at radius 3 is 2.90 bits per heavy atom. The van der Waals surface area contributed by atoms with E-state index in [1.807, 2.05) is 0 Å². The molecule has 8 heteroatoms. The summed E-state index contributed by atoms with van der Waals surface area (Å²) in [4.78, 5) is 9.98. The molecule has 1 aromatic rings. The lowest BCUT2D eigenvalue weighted by molar-refractivity contribution is -0.385. The third kappa shape index (κ3) is 2.34. The number of hydrogen-bond donors (Lipinski definition) is 2. The Morgan fingerprint density at radius 2 is 2.24 bits per heavy atom. The van der Waals surface area contributed by atoms with Crippen molar-refractivity contribution in [3.63, 3.8) is 0 Å². The van der Waals surface area contributed by atoms with Gasteiger partial charge in [0.2, 0.25) is 0 Å². The molecule has 1 saturated carbocycles. The maximum Gasteiger partial charge on any atom is 0.270 e. The van der Waals surface area contributed by atoms with Gasteiger partial charge in [-0.2, -0.15) is 0 Å². The Balaban J connectivity index is 1.83. The van der Waals surface area contributed by atoms with E-state index in [1.54, 1.807) is 0 Å². The van der Waals surface area contributed by atoms with Crippen molar-refractivity contribution >= 4 is 11.4 Å². The summed E-state index contributed by atoms with van der Waals surface area (Å²) in [7, 11) is 0. The second kappa shape index (κ2) is 5.19. The number of nitrogens with one attached hydrogen (secondary N) is 1. The summed E-state index contributed by atoms with van der Waals surface area (Å²) in [6.45, 7) is 0.628. The fourth-order valence-electron chi connectivity index (χ4n) is 3.08. The number of hydrogen-bond acceptors (Lipinski definition) is 5. The minimum atomic E-state index is -2.80. The van der Waals surface area contributed by atoms with E-state index in [0.29, 0.717) is 6.61 Å². The van der Waals surface area contributed by atoms with Gasteiger partial charge in [-0.05, 0) is 12.5 Å². The van der Waals surface area contributed by atoms with E-state index < -0.39 is 16.9 Å². The van der Waals surface area contributed by atoms with E-state index in [4.69, 9.17) is 10.5 Å². The van der Waals surface area contributed by atoms with Gasteiger partial charge in [0, 0.05) is 42.0 Å². The van der Waals surface area contributed by atoms with Crippen LogP contribution in [-0.2, 0) is 4.74 Å². The Kier molecular flexibility index (Phi) is 3.50. The second-order valence-electron chi connectivity index (χ2n) is 5.36. The first kappa shape index (κ1) is 14.2. The molecule has 3 rings (SSSR count). The zero-order valence-corrected chi connectivity index (χ0v) is 11.0. The van der Waals surface area contributed by atoms with Gasteiger partial charge < -0.3 is 15.8 Å². The molecule has 4 unspecified atom stereocenters. The second-order valence-corrected chi connectivity index (χ2v) is 5.36. The van der Waals surface area contributed by atoms with E-state index in [-0.39, 0.29) is 35.5 Å². The molecule has 114 valence electrons. The number of nitrogens with two attached hydrogens (primary N) is 1. The molecule has 0 radical (unpaired) electrons. The maximum absolute atomic E-state index is 13.1. The first-order valence-electron chi connectivity index (χ1n) is 6.69. The minimum Gasteiger partial charge on any atom is -0.378 e. The summed E-state index contributed by atoms with van der Waals surface area (Å²) in [6.07, 6.45) is -1.99. The van der Waals surface area contributed by atoms with Crippen LogP contribution in [0.1, 0.15) is 18.4 Å². The fraction of sp³-hybridized carbons (Fsp3) is 0.538. The predicted molar refractivity (Wildman–Crippen MR) is 71.3 cm³/mol. The number of nitro benzene ring substituents is 1. The average Bonchev–Trinajstić information content (AvgIpc) is 2.89. The van der Waals surface area contributed by atoms with E-state index in [0.717, 1.165) is 12.5 Å². The molecule has 21 heavy (non-hydrogen) atoms. The van der Waals surface area contributed by atoms with Crippen molar-refractivity contribution in [2.24, 2.45) is 11.7 Å². The number of fused-ring (bicyclic) bond motifs is 1. The zero-order chi connectivity index (χ0) is 15.1. The molecular formula is C13H15F2N3O3. The molecule has 1 aliphatic heterocycles. The smallest absolute Gasteiger partial charge is 0.270 e. The number of non-ortho nitro benzene ring substituents is 1. The largest absolute Gasteiger partial charge is 0.378 e. The number of nitrogens with zero attached hydrogens (tertiary/aromatic N) is 1. The van der Waals surface area contributed by atoms with Crippen molar-refractivity contribution in [3.05, 3.63) is 33.9 Å². The van der Waals surface area contributed by atoms with Crippen LogP contribution >= 0.6 is 0 Å². The van der Waals surface area contributed by atoms with Crippen molar-refractivity contribution < 1.29 is 18.4 Å². The zero-order valence-electron chi connectivity index (χ0n) is 11.0. The van der Waals surface area contributed by atoms with Crippen LogP contribution in [0.4, 0.5) is 20.2 Å². The summed E-state index contributed by atoms with van der Waals surface area (Å²) < 4.78 is 31.7. The van der Waals surface area contributed by atoms with Crippen LogP contribution in [0.2, 0.25) is 0 Å². The summed E-state index contributed by atoms with van der Waals surface area (Å²) in [6, 6.07) is 3.00. The normalized spacial score (nSPS) is 30.9. The molecule has 2 aliphatic rings. The van der Waals surface area contributed by atoms with Crippen LogP contribution in [0.25, 0.3) is 0 Å². The quantitative estimate of drug-likeness (QED) is 0.656. The average molecular weight is 299 g/mol. The Bertz CT molecular complexity index is 570. The summed E-state index contributed by atoms with van der Waals surface area (Å²) in [5, 5.41) is 13.6. The lowest BCUT2D eigenvalue weighted by atomic mass is 9.72. The molecule has 1 aliphatic carbocycles. The monoisotopic (exact) mass is 299 g/mol. The van der Waals surface area contributed by atoms with Crippen molar-refractivity contribution in [2.75, 3.05) is 11.9 Å². The number of nitro groups is 1. The number of alkyl halides is 2. The van der Waals surface area contributed by atoms with Gasteiger partial charge in [0.05, 0.1) is 17.1 Å². The first-order chi connectivity index (χ1) is 9.99. The summed E-state index contributed by atoms with van der Waals surface area (Å²) in [5.74, 6) is 0.260. The van der Waals surface area contributed by atoms with Crippen LogP contribution in [0, 0.1) is 16.0 Å². The minimum absolute atomic E-state index is 0.0688. The number of anilines is 1. The van der Waals surface area contributed by atoms with E-state index in [2.05, 4.69) is 5.32 Å². The van der Waals surface area contributed by atoms with Crippen LogP contribution < -0.4 is 11.1 Å². The number of benzene rings is 1. The summed E-state index contributed by atoms with van der Waals surface area (Å²) in [5.41, 5.74) is 5.44. The number of halogens is 2. The maximum atomic E-state index is 13.1. The lowest BCUT2D eigenvalue weighted by Crippen LogP contribution is -2.65. The first-order valence-corrected chi connectivity index (χ1v) is 6.69. The van der Waals surface area contributed by atoms with E-state index in [1.165, 1.54) is 12.1 Å². The highest BCUT2D eigenvalue weighted by atomic mass is 19.3. The van der Waals surface area contributed by atoms with Crippen LogP contribution in [0.5, 0.6) is 0 Å². The third-order valence-corrected chi connectivity index (χ3v) is 4.25. The van der Waals surface area contributed by atoms with Crippen molar-refractivity contribution in [3.8, 4) is 0 Å². The van der Waals surface area contributed by atoms with Gasteiger partial charge in [0.1, 0.15) is 0 Å². The Hall–Kier alpha value is -1.80. The van der Waals surface area contributed by atoms with Gasteiger partial charge in [-0.3, -0.25) is 10.1 Å². The number of rotatable bonds is 4. The van der Waals surface area contributed by atoms with Crippen molar-refractivity contribution in [2.45, 2.75) is 31.0 Å². The molecular weight excluding hydrogens is 284 g/mol. The molecule has 4 atom stereocenters. The lowest BCUT2D eigenvalue weighted by Gasteiger charge is -2.46. The molecule has 6 nitrogen and oxygen atoms in total. The molecule has 0 bridgehead atoms. The van der Waals surface area contributed by atoms with Crippen LogP contribution in [0.3, 0.4) is 0 Å². The SMILES string of the molecule is NC1C2CCOC2C1Nc1ccc([N+](=O)[O-])cc1C(F)F. The van der Waals surface area contributed by atoms with Gasteiger partial charge in [0.25, 0.3) is 12.1 Å². The molecule has 1 aromatic carbocycles. The Labute approximate surface area is 119 Å². The molecule has 0 spiro atoms. The van der Waals surface area contributed by atoms with E-state index >= 15 is 0 Å². The van der Waals surface area contributed by atoms with Gasteiger partial charge in [-0.15, -0.1) is 0 Å². The Morgan fingerprint density at radius 1 is 1.48 bits per heavy atom. The third-order valence-electron chi connectivity index (χ3n) is 4.25. The van der Waals surface area contributed by atoms with Gasteiger partial charge in [0.15, 0.2) is 0 Å². The highest BCUT2D eigenvalue weighted by Crippen LogP contribution is 2.41. The molecule has 3 N–H and O–H groups in total. The fourth-order valence-corrected chi connectivity index (χ4v) is 3.08. The van der Waals surface area contributed by atoms with Crippen molar-refractivity contribution in [1.29, 1.82) is 0 Å². The van der Waals surface area contributed by atoms with Crippen LogP contribution in [-0.4, -0.2) is 29.7 Å². The highest BCUT2D eigenvalue weighted by molar-refractivity contribution is 5.58. The standard InChI is InChI=1S/C13H15F2N3O3/c14-13(15)8-5-6(18(19)20)1-2-9(8)17-11-10(16)7-3-4-21-12(7)11/h1-2,5,7,10-13,17H,3-4,16H2. The van der Waals surface area contributed by atoms with Gasteiger partial charge in [-0.1, -0.05) is 0 Å². The molecule has 2 fully saturated rings. The van der Waals surface area contributed by atoms with Crippen LogP contribution in [0.15, 0.2) is 18.2 Å². The molecule has 1 saturated heterocycles. The molecule has 0 amide bonds. The molecule has 1 heterocycles.